The van der Waals surface area contributed by atoms with Crippen molar-refractivity contribution in [2.45, 2.75) is 32.7 Å². The van der Waals surface area contributed by atoms with Gasteiger partial charge in [-0.15, -0.1) is 0 Å². The van der Waals surface area contributed by atoms with E-state index in [0.29, 0.717) is 6.04 Å². The number of carbonyl (C=O) groups is 1. The van der Waals surface area contributed by atoms with Crippen molar-refractivity contribution in [3.8, 4) is 0 Å². The molecule has 3 nitrogen and oxygen atoms in total. The lowest BCUT2D eigenvalue weighted by Crippen LogP contribution is -2.43. The Hall–Kier alpha value is -0.870. The quantitative estimate of drug-likeness (QED) is 0.900. The molecule has 0 amide bonds. The summed E-state index contributed by atoms with van der Waals surface area (Å²) in [5.41, 5.74) is 0.819. The lowest BCUT2D eigenvalue weighted by atomic mass is 9.80. The van der Waals surface area contributed by atoms with Crippen molar-refractivity contribution in [3.63, 3.8) is 0 Å². The van der Waals surface area contributed by atoms with Crippen LogP contribution in [0.3, 0.4) is 0 Å². The molecule has 1 N–H and O–H groups in total. The number of likely N-dealkylation sites (tertiary alicyclic amines) is 1. The monoisotopic (exact) mass is 253 g/mol. The highest BCUT2D eigenvalue weighted by atomic mass is 32.1. The summed E-state index contributed by atoms with van der Waals surface area (Å²) in [7, 11) is 0. The van der Waals surface area contributed by atoms with Gasteiger partial charge in [0.05, 0.1) is 5.41 Å². The zero-order valence-corrected chi connectivity index (χ0v) is 11.2. The number of carboxylic acid groups (broad SMARTS) is 1. The molecule has 2 rings (SSSR count). The van der Waals surface area contributed by atoms with Crippen molar-refractivity contribution < 1.29 is 9.90 Å². The topological polar surface area (TPSA) is 40.5 Å². The summed E-state index contributed by atoms with van der Waals surface area (Å²) in [5, 5.41) is 13.5. The molecule has 1 unspecified atom stereocenters. The smallest absolute Gasteiger partial charge is 0.309 e. The van der Waals surface area contributed by atoms with Crippen molar-refractivity contribution in [1.82, 2.24) is 4.90 Å². The highest BCUT2D eigenvalue weighted by molar-refractivity contribution is 7.07. The average molecular weight is 253 g/mol. The maximum atomic E-state index is 11.2. The Morgan fingerprint density at radius 1 is 1.53 bits per heavy atom. The van der Waals surface area contributed by atoms with E-state index in [1.54, 1.807) is 11.3 Å². The summed E-state index contributed by atoms with van der Waals surface area (Å²) in [5.74, 6) is -0.652. The number of hydrogen-bond acceptors (Lipinski definition) is 3. The first-order valence-corrected chi connectivity index (χ1v) is 6.97. The van der Waals surface area contributed by atoms with E-state index in [1.807, 2.05) is 6.92 Å². The predicted molar refractivity (Wildman–Crippen MR) is 69.3 cm³/mol. The first-order chi connectivity index (χ1) is 8.03. The Morgan fingerprint density at radius 3 is 2.65 bits per heavy atom. The molecule has 0 bridgehead atoms. The van der Waals surface area contributed by atoms with E-state index in [0.717, 1.165) is 25.9 Å². The zero-order valence-electron chi connectivity index (χ0n) is 10.3. The van der Waals surface area contributed by atoms with Gasteiger partial charge in [-0.1, -0.05) is 0 Å². The second-order valence-corrected chi connectivity index (χ2v) is 5.91. The molecule has 1 aliphatic heterocycles. The first-order valence-electron chi connectivity index (χ1n) is 6.02. The van der Waals surface area contributed by atoms with Crippen LogP contribution in [0.25, 0.3) is 0 Å². The first kappa shape index (κ1) is 12.6. The number of hydrogen-bond donors (Lipinski definition) is 1. The standard InChI is InChI=1S/C13H19NO2S/c1-10(11-3-8-17-9-11)14-6-4-13(2,5-7-14)12(15)16/h3,8-10H,4-7H2,1-2H3,(H,15,16). The largest absolute Gasteiger partial charge is 0.481 e. The molecule has 1 fully saturated rings. The summed E-state index contributed by atoms with van der Waals surface area (Å²) in [6.07, 6.45) is 1.49. The number of thiophene rings is 1. The lowest BCUT2D eigenvalue weighted by Gasteiger charge is -2.39. The van der Waals surface area contributed by atoms with Gasteiger partial charge in [0.25, 0.3) is 0 Å². The Kier molecular flexibility index (Phi) is 3.54. The van der Waals surface area contributed by atoms with Gasteiger partial charge in [0.1, 0.15) is 0 Å². The van der Waals surface area contributed by atoms with E-state index in [1.165, 1.54) is 5.56 Å². The third kappa shape index (κ3) is 2.53. The number of aliphatic carboxylic acids is 1. The third-order valence-corrected chi connectivity index (χ3v) is 4.69. The maximum Gasteiger partial charge on any atom is 0.309 e. The molecule has 1 aliphatic rings. The molecule has 1 atom stereocenters. The Balaban J connectivity index is 1.98. The van der Waals surface area contributed by atoms with Gasteiger partial charge in [-0.05, 0) is 62.2 Å². The van der Waals surface area contributed by atoms with E-state index in [9.17, 15) is 9.90 Å². The van der Waals surface area contributed by atoms with Crippen molar-refractivity contribution in [1.29, 1.82) is 0 Å². The van der Waals surface area contributed by atoms with E-state index in [4.69, 9.17) is 0 Å². The van der Waals surface area contributed by atoms with Crippen molar-refractivity contribution in [2.24, 2.45) is 5.41 Å². The molecule has 94 valence electrons. The second-order valence-electron chi connectivity index (χ2n) is 5.13. The van der Waals surface area contributed by atoms with Crippen LogP contribution in [0.5, 0.6) is 0 Å². The maximum absolute atomic E-state index is 11.2. The zero-order chi connectivity index (χ0) is 12.5. The molecule has 4 heteroatoms. The fraction of sp³-hybridized carbons (Fsp3) is 0.615. The van der Waals surface area contributed by atoms with Crippen molar-refractivity contribution in [3.05, 3.63) is 22.4 Å². The number of carboxylic acids is 1. The lowest BCUT2D eigenvalue weighted by molar-refractivity contribution is -0.151. The molecule has 1 saturated heterocycles. The average Bonchev–Trinajstić information content (AvgIpc) is 2.82. The summed E-state index contributed by atoms with van der Waals surface area (Å²) < 4.78 is 0. The Labute approximate surface area is 106 Å². The van der Waals surface area contributed by atoms with Crippen LogP contribution in [0.2, 0.25) is 0 Å². The molecule has 1 aromatic heterocycles. The third-order valence-electron chi connectivity index (χ3n) is 3.99. The van der Waals surface area contributed by atoms with Gasteiger partial charge in [-0.2, -0.15) is 11.3 Å². The van der Waals surface area contributed by atoms with Crippen molar-refractivity contribution in [2.75, 3.05) is 13.1 Å². The van der Waals surface area contributed by atoms with E-state index in [-0.39, 0.29) is 0 Å². The number of nitrogens with zero attached hydrogens (tertiary/aromatic N) is 1. The van der Waals surface area contributed by atoms with Gasteiger partial charge in [-0.25, -0.2) is 0 Å². The van der Waals surface area contributed by atoms with Crippen LogP contribution < -0.4 is 0 Å². The molecule has 0 spiro atoms. The summed E-state index contributed by atoms with van der Waals surface area (Å²) in [6, 6.07) is 2.56. The number of rotatable bonds is 3. The summed E-state index contributed by atoms with van der Waals surface area (Å²) in [6.45, 7) is 5.81. The molecule has 0 aromatic carbocycles. The minimum absolute atomic E-state index is 0.402. The van der Waals surface area contributed by atoms with Gasteiger partial charge in [0.15, 0.2) is 0 Å². The summed E-state index contributed by atoms with van der Waals surface area (Å²) >= 11 is 1.72. The molecule has 1 aromatic rings. The predicted octanol–water partition coefficient (Wildman–Crippen LogP) is 3.00. The SMILES string of the molecule is CC(c1ccsc1)N1CCC(C)(C(=O)O)CC1. The highest BCUT2D eigenvalue weighted by Crippen LogP contribution is 2.34. The number of piperidine rings is 1. The van der Waals surface area contributed by atoms with Crippen molar-refractivity contribution >= 4 is 17.3 Å². The van der Waals surface area contributed by atoms with Gasteiger partial charge in [0.2, 0.25) is 0 Å². The van der Waals surface area contributed by atoms with Gasteiger partial charge < -0.3 is 5.11 Å². The van der Waals surface area contributed by atoms with Crippen LogP contribution in [0, 0.1) is 5.41 Å². The van der Waals surface area contributed by atoms with E-state index >= 15 is 0 Å². The Morgan fingerprint density at radius 2 is 2.18 bits per heavy atom. The van der Waals surface area contributed by atoms with Gasteiger partial charge in [0, 0.05) is 6.04 Å². The molecule has 17 heavy (non-hydrogen) atoms. The molecule has 0 aliphatic carbocycles. The molecule has 0 radical (unpaired) electrons. The summed E-state index contributed by atoms with van der Waals surface area (Å²) in [4.78, 5) is 13.5. The highest BCUT2D eigenvalue weighted by Gasteiger charge is 2.37. The Bertz CT molecular complexity index is 380. The van der Waals surface area contributed by atoms with Crippen LogP contribution in [-0.4, -0.2) is 29.1 Å². The van der Waals surface area contributed by atoms with E-state index in [2.05, 4.69) is 28.7 Å². The van der Waals surface area contributed by atoms with Crippen LogP contribution in [0.4, 0.5) is 0 Å². The van der Waals surface area contributed by atoms with Gasteiger partial charge in [-0.3, -0.25) is 9.69 Å². The minimum atomic E-state index is -0.652. The van der Waals surface area contributed by atoms with Crippen LogP contribution in [0.1, 0.15) is 38.3 Å². The second kappa shape index (κ2) is 4.78. The van der Waals surface area contributed by atoms with E-state index < -0.39 is 11.4 Å². The van der Waals surface area contributed by atoms with Crippen LogP contribution in [0.15, 0.2) is 16.8 Å². The molecule has 0 saturated carbocycles. The molecular weight excluding hydrogens is 234 g/mol. The normalized spacial score (nSPS) is 22.2. The van der Waals surface area contributed by atoms with Crippen LogP contribution >= 0.6 is 11.3 Å². The molecular formula is C13H19NO2S. The fourth-order valence-corrected chi connectivity index (χ4v) is 3.09. The van der Waals surface area contributed by atoms with Crippen LogP contribution in [-0.2, 0) is 4.79 Å². The minimum Gasteiger partial charge on any atom is -0.481 e. The fourth-order valence-electron chi connectivity index (χ4n) is 2.34. The van der Waals surface area contributed by atoms with Gasteiger partial charge >= 0.3 is 5.97 Å². The molecule has 2 heterocycles.